The van der Waals surface area contributed by atoms with Gasteiger partial charge in [0, 0.05) is 31.9 Å². The molecule has 1 heterocycles. The Labute approximate surface area is 81.8 Å². The molecule has 0 aliphatic heterocycles. The molecule has 0 bridgehead atoms. The first-order chi connectivity index (χ1) is 6.36. The van der Waals surface area contributed by atoms with Gasteiger partial charge in [0.15, 0.2) is 0 Å². The Balaban J connectivity index is 2.35. The SMILES string of the molecule is COCCCc1nc(CC=O)cs1. The first kappa shape index (κ1) is 10.3. The average molecular weight is 199 g/mol. The molecule has 1 aromatic rings. The third kappa shape index (κ3) is 3.65. The van der Waals surface area contributed by atoms with E-state index in [-0.39, 0.29) is 0 Å². The van der Waals surface area contributed by atoms with E-state index in [9.17, 15) is 4.79 Å². The molecule has 0 spiro atoms. The van der Waals surface area contributed by atoms with Crippen LogP contribution in [0, 0.1) is 0 Å². The minimum absolute atomic E-state index is 0.431. The number of nitrogens with zero attached hydrogens (tertiary/aromatic N) is 1. The Bertz CT molecular complexity index is 260. The van der Waals surface area contributed by atoms with Gasteiger partial charge in [-0.1, -0.05) is 0 Å². The van der Waals surface area contributed by atoms with Gasteiger partial charge in [0.1, 0.15) is 6.29 Å². The van der Waals surface area contributed by atoms with Gasteiger partial charge in [-0.05, 0) is 6.42 Å². The van der Waals surface area contributed by atoms with Gasteiger partial charge < -0.3 is 9.53 Å². The number of carbonyl (C=O) groups is 1. The minimum Gasteiger partial charge on any atom is -0.385 e. The monoisotopic (exact) mass is 199 g/mol. The molecular formula is C9H13NO2S. The highest BCUT2D eigenvalue weighted by Crippen LogP contribution is 2.11. The third-order valence-corrected chi connectivity index (χ3v) is 2.59. The van der Waals surface area contributed by atoms with Crippen LogP contribution in [0.1, 0.15) is 17.1 Å². The Kier molecular flexibility index (Phi) is 4.64. The van der Waals surface area contributed by atoms with E-state index < -0.39 is 0 Å². The average Bonchev–Trinajstić information content (AvgIpc) is 2.54. The second-order valence-corrected chi connectivity index (χ2v) is 3.64. The molecule has 0 aliphatic carbocycles. The first-order valence-electron chi connectivity index (χ1n) is 4.22. The molecule has 1 rings (SSSR count). The van der Waals surface area contributed by atoms with E-state index in [1.165, 1.54) is 0 Å². The molecule has 0 N–H and O–H groups in total. The molecule has 4 heteroatoms. The van der Waals surface area contributed by atoms with Crippen molar-refractivity contribution >= 4 is 17.6 Å². The molecule has 0 aliphatic rings. The second kappa shape index (κ2) is 5.83. The molecule has 13 heavy (non-hydrogen) atoms. The Morgan fingerprint density at radius 1 is 1.69 bits per heavy atom. The molecule has 0 saturated carbocycles. The summed E-state index contributed by atoms with van der Waals surface area (Å²) < 4.78 is 4.94. The predicted molar refractivity (Wildman–Crippen MR) is 52.1 cm³/mol. The standard InChI is InChI=1S/C9H13NO2S/c1-12-6-2-3-9-10-8(4-5-11)7-13-9/h5,7H,2-4,6H2,1H3. The zero-order valence-electron chi connectivity index (χ0n) is 7.66. The number of thiazole rings is 1. The molecular weight excluding hydrogens is 186 g/mol. The van der Waals surface area contributed by atoms with Gasteiger partial charge in [0.05, 0.1) is 10.7 Å². The van der Waals surface area contributed by atoms with Gasteiger partial charge in [-0.25, -0.2) is 4.98 Å². The lowest BCUT2D eigenvalue weighted by atomic mass is 10.3. The smallest absolute Gasteiger partial charge is 0.125 e. The number of aldehydes is 1. The van der Waals surface area contributed by atoms with E-state index in [0.717, 1.165) is 36.4 Å². The fraction of sp³-hybridized carbons (Fsp3) is 0.556. The molecule has 0 saturated heterocycles. The lowest BCUT2D eigenvalue weighted by molar-refractivity contribution is -0.107. The van der Waals surface area contributed by atoms with E-state index in [0.29, 0.717) is 6.42 Å². The lowest BCUT2D eigenvalue weighted by Crippen LogP contribution is -1.93. The van der Waals surface area contributed by atoms with Crippen molar-refractivity contribution in [2.24, 2.45) is 0 Å². The second-order valence-electron chi connectivity index (χ2n) is 2.70. The number of ether oxygens (including phenoxy) is 1. The predicted octanol–water partition coefficient (Wildman–Crippen LogP) is 1.46. The van der Waals surface area contributed by atoms with Crippen molar-refractivity contribution in [3.63, 3.8) is 0 Å². The van der Waals surface area contributed by atoms with Crippen LogP contribution < -0.4 is 0 Å². The number of aromatic nitrogens is 1. The van der Waals surface area contributed by atoms with Crippen LogP contribution in [0.2, 0.25) is 0 Å². The van der Waals surface area contributed by atoms with Gasteiger partial charge >= 0.3 is 0 Å². The number of carbonyl (C=O) groups excluding carboxylic acids is 1. The summed E-state index contributed by atoms with van der Waals surface area (Å²) in [4.78, 5) is 14.5. The zero-order chi connectivity index (χ0) is 9.52. The number of rotatable bonds is 6. The van der Waals surface area contributed by atoms with E-state index in [2.05, 4.69) is 4.98 Å². The molecule has 72 valence electrons. The summed E-state index contributed by atoms with van der Waals surface area (Å²) in [5, 5.41) is 3.03. The van der Waals surface area contributed by atoms with Crippen LogP contribution in [0.3, 0.4) is 0 Å². The van der Waals surface area contributed by atoms with Crippen LogP contribution in [0.25, 0.3) is 0 Å². The molecule has 3 nitrogen and oxygen atoms in total. The van der Waals surface area contributed by atoms with Crippen LogP contribution >= 0.6 is 11.3 Å². The lowest BCUT2D eigenvalue weighted by Gasteiger charge is -1.94. The Morgan fingerprint density at radius 2 is 2.54 bits per heavy atom. The van der Waals surface area contributed by atoms with Crippen LogP contribution in [-0.2, 0) is 22.4 Å². The van der Waals surface area contributed by atoms with Crippen molar-refractivity contribution in [1.29, 1.82) is 0 Å². The van der Waals surface area contributed by atoms with Gasteiger partial charge in [-0.2, -0.15) is 0 Å². The normalized spacial score (nSPS) is 10.2. The summed E-state index contributed by atoms with van der Waals surface area (Å²) in [6.45, 7) is 0.766. The number of methoxy groups -OCH3 is 1. The Morgan fingerprint density at radius 3 is 3.23 bits per heavy atom. The van der Waals surface area contributed by atoms with Crippen LogP contribution in [0.15, 0.2) is 5.38 Å². The number of aryl methyl sites for hydroxylation is 1. The fourth-order valence-corrected chi connectivity index (χ4v) is 1.86. The van der Waals surface area contributed by atoms with Crippen molar-refractivity contribution in [1.82, 2.24) is 4.98 Å². The van der Waals surface area contributed by atoms with E-state index in [4.69, 9.17) is 4.74 Å². The largest absolute Gasteiger partial charge is 0.385 e. The maximum absolute atomic E-state index is 10.2. The van der Waals surface area contributed by atoms with Crippen LogP contribution in [0.5, 0.6) is 0 Å². The first-order valence-corrected chi connectivity index (χ1v) is 5.10. The highest BCUT2D eigenvalue weighted by atomic mass is 32.1. The quantitative estimate of drug-likeness (QED) is 0.514. The molecule has 0 atom stereocenters. The molecule has 0 aromatic carbocycles. The highest BCUT2D eigenvalue weighted by molar-refractivity contribution is 7.09. The number of hydrogen-bond donors (Lipinski definition) is 0. The van der Waals surface area contributed by atoms with E-state index >= 15 is 0 Å². The van der Waals surface area contributed by atoms with Crippen molar-refractivity contribution in [2.75, 3.05) is 13.7 Å². The maximum atomic E-state index is 10.2. The summed E-state index contributed by atoms with van der Waals surface area (Å²) in [5.74, 6) is 0. The van der Waals surface area contributed by atoms with Crippen molar-refractivity contribution in [3.05, 3.63) is 16.1 Å². The molecule has 1 aromatic heterocycles. The van der Waals surface area contributed by atoms with Gasteiger partial charge in [0.25, 0.3) is 0 Å². The number of hydrogen-bond acceptors (Lipinski definition) is 4. The zero-order valence-corrected chi connectivity index (χ0v) is 8.47. The third-order valence-electron chi connectivity index (χ3n) is 1.63. The maximum Gasteiger partial charge on any atom is 0.125 e. The van der Waals surface area contributed by atoms with E-state index in [1.54, 1.807) is 18.4 Å². The topological polar surface area (TPSA) is 39.2 Å². The summed E-state index contributed by atoms with van der Waals surface area (Å²) in [6, 6.07) is 0. The molecule has 0 amide bonds. The Hall–Kier alpha value is -0.740. The van der Waals surface area contributed by atoms with Crippen LogP contribution in [-0.4, -0.2) is 25.0 Å². The van der Waals surface area contributed by atoms with Gasteiger partial charge in [-0.3, -0.25) is 0 Å². The summed E-state index contributed by atoms with van der Waals surface area (Å²) >= 11 is 1.61. The highest BCUT2D eigenvalue weighted by Gasteiger charge is 2.00. The van der Waals surface area contributed by atoms with E-state index in [1.807, 2.05) is 5.38 Å². The van der Waals surface area contributed by atoms with Crippen molar-refractivity contribution in [2.45, 2.75) is 19.3 Å². The summed E-state index contributed by atoms with van der Waals surface area (Å²) in [5.41, 5.74) is 0.882. The minimum atomic E-state index is 0.431. The molecule has 0 fully saturated rings. The van der Waals surface area contributed by atoms with Gasteiger partial charge in [-0.15, -0.1) is 11.3 Å². The summed E-state index contributed by atoms with van der Waals surface area (Å²) in [6.07, 6.45) is 3.25. The van der Waals surface area contributed by atoms with Crippen molar-refractivity contribution in [3.8, 4) is 0 Å². The van der Waals surface area contributed by atoms with Gasteiger partial charge in [0.2, 0.25) is 0 Å². The molecule has 0 unspecified atom stereocenters. The van der Waals surface area contributed by atoms with Crippen molar-refractivity contribution < 1.29 is 9.53 Å². The van der Waals surface area contributed by atoms with Crippen LogP contribution in [0.4, 0.5) is 0 Å². The molecule has 0 radical (unpaired) electrons. The fourth-order valence-electron chi connectivity index (χ4n) is 1.01. The summed E-state index contributed by atoms with van der Waals surface area (Å²) in [7, 11) is 1.69.